The predicted octanol–water partition coefficient (Wildman–Crippen LogP) is 1.06. The first-order valence-corrected chi connectivity index (χ1v) is 17.2. The van der Waals surface area contributed by atoms with Crippen molar-refractivity contribution in [2.45, 2.75) is 69.5 Å². The van der Waals surface area contributed by atoms with E-state index in [4.69, 9.17) is 39.5 Å². The molecule has 0 aliphatic carbocycles. The number of hydrogen-bond acceptors (Lipinski definition) is 16. The van der Waals surface area contributed by atoms with Crippen LogP contribution in [0.2, 0.25) is 0 Å². The van der Waals surface area contributed by atoms with E-state index in [0.717, 1.165) is 23.7 Å². The number of ether oxygens (including phenoxy) is 4. The molecule has 0 radical (unpaired) electrons. The molecule has 0 bridgehead atoms. The monoisotopic (exact) mass is 717 g/mol. The Kier molecular flexibility index (Phi) is 10.7. The van der Waals surface area contributed by atoms with E-state index in [9.17, 15) is 23.8 Å². The van der Waals surface area contributed by atoms with Gasteiger partial charge in [-0.2, -0.15) is 9.97 Å². The van der Waals surface area contributed by atoms with Crippen LogP contribution in [0.1, 0.15) is 55.4 Å². The number of anilines is 2. The van der Waals surface area contributed by atoms with Gasteiger partial charge in [-0.25, -0.2) is 24.1 Å². The van der Waals surface area contributed by atoms with Crippen LogP contribution in [0.25, 0.3) is 11.2 Å². The van der Waals surface area contributed by atoms with Gasteiger partial charge < -0.3 is 35.3 Å². The van der Waals surface area contributed by atoms with E-state index >= 15 is 0 Å². The van der Waals surface area contributed by atoms with Gasteiger partial charge in [-0.15, -0.1) is 0 Å². The summed E-state index contributed by atoms with van der Waals surface area (Å²) >= 11 is 0. The molecule has 268 valence electrons. The summed E-state index contributed by atoms with van der Waals surface area (Å²) in [4.78, 5) is 66.7. The van der Waals surface area contributed by atoms with Crippen LogP contribution in [0, 0.1) is 0 Å². The van der Waals surface area contributed by atoms with Gasteiger partial charge >= 0.3 is 19.5 Å². The van der Waals surface area contributed by atoms with Gasteiger partial charge in [-0.05, 0) is 18.6 Å². The zero-order valence-electron chi connectivity index (χ0n) is 26.8. The molecule has 1 aromatic carbocycles. The number of rotatable bonds is 14. The number of esters is 1. The number of nitrogens with two attached hydrogens (primary N) is 2. The summed E-state index contributed by atoms with van der Waals surface area (Å²) in [7, 11) is -4.85. The molecule has 0 amide bonds. The quantitative estimate of drug-likeness (QED) is 0.0806. The number of carbonyl (C=O) groups excluding carboxylic acids is 1. The van der Waals surface area contributed by atoms with Gasteiger partial charge in [0.1, 0.15) is 43.2 Å². The highest BCUT2D eigenvalue weighted by Gasteiger charge is 2.45. The van der Waals surface area contributed by atoms with E-state index in [-0.39, 0.29) is 48.1 Å². The summed E-state index contributed by atoms with van der Waals surface area (Å²) in [6.45, 7) is 1.88. The number of aromatic nitrogens is 7. The Morgan fingerprint density at radius 1 is 1.02 bits per heavy atom. The fourth-order valence-corrected chi connectivity index (χ4v) is 6.54. The normalized spacial score (nSPS) is 24.8. The van der Waals surface area contributed by atoms with E-state index in [1.54, 1.807) is 30.3 Å². The van der Waals surface area contributed by atoms with Gasteiger partial charge in [-0.1, -0.05) is 31.5 Å². The highest BCUT2D eigenvalue weighted by atomic mass is 31.2. The van der Waals surface area contributed by atoms with Crippen molar-refractivity contribution in [1.82, 2.24) is 34.1 Å². The standard InChI is InChI=1S/C29H36N9O11P/c1-2-3-9-44-12-19-18(11-21(46-19)37-14-32-23-24(37)34-28(31)35-25(23)39)49-50(42,43)45-13-20-17(48-26(40)16-7-5-4-6-8-16)10-22(47-20)38-15-33-27(30)36-29(38)41/h4-8,14-15,17-22H,2-3,9-13H2,1H3,(H,42,43)(H2,30,36,41)(H3,31,34,35,39)/t17-,18-,19-,20-,21-,22-/m1/s1. The maximum absolute atomic E-state index is 13.4. The molecule has 2 aliphatic heterocycles. The number of benzene rings is 1. The topological polar surface area (TPSA) is 273 Å². The first-order valence-electron chi connectivity index (χ1n) is 15.7. The van der Waals surface area contributed by atoms with Crippen LogP contribution in [-0.4, -0.2) is 89.2 Å². The Hall–Kier alpha value is -4.56. The van der Waals surface area contributed by atoms with Crippen molar-refractivity contribution in [2.24, 2.45) is 0 Å². The molecule has 1 unspecified atom stereocenters. The highest BCUT2D eigenvalue weighted by molar-refractivity contribution is 7.47. The van der Waals surface area contributed by atoms with Crippen LogP contribution in [0.4, 0.5) is 11.9 Å². The molecule has 2 fully saturated rings. The highest BCUT2D eigenvalue weighted by Crippen LogP contribution is 2.49. The second kappa shape index (κ2) is 15.1. The first-order chi connectivity index (χ1) is 24.0. The lowest BCUT2D eigenvalue weighted by molar-refractivity contribution is -0.0681. The minimum Gasteiger partial charge on any atom is -0.456 e. The number of carbonyl (C=O) groups is 1. The number of imidazole rings is 1. The maximum Gasteiger partial charge on any atom is 0.472 e. The SMILES string of the molecule is CCCCOC[C@H]1O[C@@H](n2cnc3c(=O)[nH]c(N)nc32)C[C@H]1OP(=O)(O)OC[C@H]1O[C@@H](n2cnc(N)nc2=O)C[C@H]1OC(=O)c1ccccc1. The Morgan fingerprint density at radius 2 is 1.72 bits per heavy atom. The molecule has 0 spiro atoms. The lowest BCUT2D eigenvalue weighted by atomic mass is 10.1. The van der Waals surface area contributed by atoms with Gasteiger partial charge in [0.2, 0.25) is 11.9 Å². The van der Waals surface area contributed by atoms with Crippen molar-refractivity contribution in [3.05, 3.63) is 69.4 Å². The molecule has 5 heterocycles. The summed E-state index contributed by atoms with van der Waals surface area (Å²) < 4.78 is 50.5. The fraction of sp³-hybridized carbons (Fsp3) is 0.483. The zero-order chi connectivity index (χ0) is 35.4. The van der Waals surface area contributed by atoms with E-state index < -0.39 is 68.5 Å². The number of nitrogens with one attached hydrogen (secondary N) is 1. The average Bonchev–Trinajstić information content (AvgIpc) is 3.79. The number of aromatic amines is 1. The molecule has 50 heavy (non-hydrogen) atoms. The van der Waals surface area contributed by atoms with Gasteiger partial charge in [-0.3, -0.25) is 28.0 Å². The van der Waals surface area contributed by atoms with E-state index in [2.05, 4.69) is 24.9 Å². The van der Waals surface area contributed by atoms with Crippen LogP contribution in [0.15, 0.2) is 52.6 Å². The molecule has 3 aromatic heterocycles. The van der Waals surface area contributed by atoms with Crippen molar-refractivity contribution in [3.63, 3.8) is 0 Å². The van der Waals surface area contributed by atoms with Crippen molar-refractivity contribution >= 4 is 36.9 Å². The smallest absolute Gasteiger partial charge is 0.456 e. The van der Waals surface area contributed by atoms with Crippen LogP contribution in [0.3, 0.4) is 0 Å². The van der Waals surface area contributed by atoms with Crippen LogP contribution in [-0.2, 0) is 32.6 Å². The Balaban J connectivity index is 1.17. The maximum atomic E-state index is 13.4. The molecule has 6 N–H and O–H groups in total. The number of fused-ring (bicyclic) bond motifs is 1. The minimum absolute atomic E-state index is 0.0211. The summed E-state index contributed by atoms with van der Waals surface area (Å²) in [6.07, 6.45) is -1.68. The summed E-state index contributed by atoms with van der Waals surface area (Å²) in [5, 5.41) is 0. The van der Waals surface area contributed by atoms with Crippen molar-refractivity contribution in [1.29, 1.82) is 0 Å². The number of nitrogen functional groups attached to an aromatic ring is 2. The minimum atomic E-state index is -4.85. The van der Waals surface area contributed by atoms with E-state index in [1.807, 2.05) is 6.92 Å². The number of hydrogen-bond donors (Lipinski definition) is 4. The molecular weight excluding hydrogens is 681 g/mol. The number of nitrogens with zero attached hydrogens (tertiary/aromatic N) is 6. The van der Waals surface area contributed by atoms with Crippen LogP contribution >= 0.6 is 7.82 Å². The van der Waals surface area contributed by atoms with Crippen molar-refractivity contribution < 1.29 is 42.2 Å². The predicted molar refractivity (Wildman–Crippen MR) is 172 cm³/mol. The molecule has 0 saturated carbocycles. The Labute approximate surface area is 283 Å². The molecule has 6 rings (SSSR count). The molecule has 2 saturated heterocycles. The van der Waals surface area contributed by atoms with Crippen LogP contribution < -0.4 is 22.7 Å². The van der Waals surface area contributed by atoms with Gasteiger partial charge in [0.25, 0.3) is 5.56 Å². The third kappa shape index (κ3) is 8.07. The van der Waals surface area contributed by atoms with Crippen molar-refractivity contribution in [2.75, 3.05) is 31.3 Å². The molecule has 20 nitrogen and oxygen atoms in total. The molecule has 4 aromatic rings. The molecule has 7 atom stereocenters. The number of phosphoric ester groups is 1. The summed E-state index contributed by atoms with van der Waals surface area (Å²) in [6, 6.07) is 8.18. The first kappa shape index (κ1) is 35.3. The van der Waals surface area contributed by atoms with Gasteiger partial charge in [0.15, 0.2) is 11.2 Å². The fourth-order valence-electron chi connectivity index (χ4n) is 5.58. The van der Waals surface area contributed by atoms with Crippen LogP contribution in [0.5, 0.6) is 0 Å². The lowest BCUT2D eigenvalue weighted by Crippen LogP contribution is -2.32. The van der Waals surface area contributed by atoms with E-state index in [0.29, 0.717) is 6.61 Å². The van der Waals surface area contributed by atoms with Gasteiger partial charge in [0.05, 0.1) is 25.1 Å². The molecule has 2 aliphatic rings. The average molecular weight is 718 g/mol. The second-order valence-electron chi connectivity index (χ2n) is 11.6. The molecule has 21 heteroatoms. The number of unbranched alkanes of at least 4 members (excludes halogenated alkanes) is 1. The van der Waals surface area contributed by atoms with E-state index in [1.165, 1.54) is 10.9 Å². The Morgan fingerprint density at radius 3 is 2.46 bits per heavy atom. The Bertz CT molecular complexity index is 1970. The largest absolute Gasteiger partial charge is 0.472 e. The third-order valence-electron chi connectivity index (χ3n) is 8.04. The molecular formula is C29H36N9O11P. The zero-order valence-corrected chi connectivity index (χ0v) is 27.7. The summed E-state index contributed by atoms with van der Waals surface area (Å²) in [5.74, 6) is -1.04. The lowest BCUT2D eigenvalue weighted by Gasteiger charge is -2.23. The second-order valence-corrected chi connectivity index (χ2v) is 13.0. The summed E-state index contributed by atoms with van der Waals surface area (Å²) in [5.41, 5.74) is 10.4. The third-order valence-corrected chi connectivity index (χ3v) is 9.05. The van der Waals surface area contributed by atoms with Gasteiger partial charge in [0, 0.05) is 19.4 Å². The number of H-pyrrole nitrogens is 1. The van der Waals surface area contributed by atoms with Crippen molar-refractivity contribution in [3.8, 4) is 0 Å². The number of phosphoric acid groups is 1.